The molecule has 130 valence electrons. The summed E-state index contributed by atoms with van der Waals surface area (Å²) in [7, 11) is 0. The highest BCUT2D eigenvalue weighted by Gasteiger charge is 2.17. The lowest BCUT2D eigenvalue weighted by Crippen LogP contribution is -2.19. The van der Waals surface area contributed by atoms with Gasteiger partial charge < -0.3 is 5.11 Å². The Kier molecular flexibility index (Phi) is 5.48. The van der Waals surface area contributed by atoms with Crippen LogP contribution in [0.5, 0.6) is 0 Å². The number of aromatic carboxylic acids is 1. The number of hydrogen-bond acceptors (Lipinski definition) is 3. The summed E-state index contributed by atoms with van der Waals surface area (Å²) in [5.41, 5.74) is -0.253. The van der Waals surface area contributed by atoms with Crippen LogP contribution in [-0.4, -0.2) is 23.2 Å². The lowest BCUT2D eigenvalue weighted by Gasteiger charge is -2.06. The molecule has 25 heavy (non-hydrogen) atoms. The van der Waals surface area contributed by atoms with Crippen molar-refractivity contribution in [3.05, 3.63) is 70.3 Å². The minimum Gasteiger partial charge on any atom is -0.478 e. The molecule has 0 aliphatic heterocycles. The summed E-state index contributed by atoms with van der Waals surface area (Å²) >= 11 is 0. The third-order valence-electron chi connectivity index (χ3n) is 3.13. The van der Waals surface area contributed by atoms with Crippen LogP contribution in [0.25, 0.3) is 0 Å². The van der Waals surface area contributed by atoms with Crippen molar-refractivity contribution in [3.8, 4) is 0 Å². The van der Waals surface area contributed by atoms with E-state index in [0.29, 0.717) is 18.3 Å². The van der Waals surface area contributed by atoms with Crippen molar-refractivity contribution in [1.29, 1.82) is 0 Å². The lowest BCUT2D eigenvalue weighted by atomic mass is 10.1. The Hall–Kier alpha value is -3.23. The Morgan fingerprint density at radius 3 is 2.28 bits per heavy atom. The zero-order valence-corrected chi connectivity index (χ0v) is 12.3. The molecule has 0 aliphatic rings. The Bertz CT molecular complexity index is 830. The number of hydrazone groups is 1. The molecule has 1 amide bonds. The van der Waals surface area contributed by atoms with Gasteiger partial charge >= 0.3 is 5.97 Å². The fourth-order valence-electron chi connectivity index (χ4n) is 1.94. The largest absolute Gasteiger partial charge is 0.478 e. The number of alkyl halides is 2. The molecule has 0 atom stereocenters. The standard InChI is InChI=1S/C16H10F4N2O3/c17-12-5-8(16(24)25)6-13(18)11(12)7-21-22-15(23)10-4-2-1-3-9(10)14(19)20/h1-7,14H,(H,22,23)(H,24,25)/b21-7+. The summed E-state index contributed by atoms with van der Waals surface area (Å²) in [6.45, 7) is 0. The van der Waals surface area contributed by atoms with Crippen LogP contribution in [-0.2, 0) is 0 Å². The quantitative estimate of drug-likeness (QED) is 0.491. The van der Waals surface area contributed by atoms with Crippen molar-refractivity contribution in [1.82, 2.24) is 5.43 Å². The molecule has 2 aromatic rings. The average molecular weight is 354 g/mol. The molecule has 0 radical (unpaired) electrons. The van der Waals surface area contributed by atoms with Crippen LogP contribution in [0.1, 0.15) is 38.3 Å². The van der Waals surface area contributed by atoms with Gasteiger partial charge in [0.15, 0.2) is 0 Å². The maximum Gasteiger partial charge on any atom is 0.335 e. The molecule has 0 saturated carbocycles. The Morgan fingerprint density at radius 1 is 1.12 bits per heavy atom. The highest BCUT2D eigenvalue weighted by Crippen LogP contribution is 2.22. The molecule has 0 saturated heterocycles. The number of halogens is 4. The lowest BCUT2D eigenvalue weighted by molar-refractivity contribution is 0.0695. The van der Waals surface area contributed by atoms with Crippen molar-refractivity contribution < 1.29 is 32.3 Å². The first-order valence-corrected chi connectivity index (χ1v) is 6.74. The topological polar surface area (TPSA) is 78.8 Å². The third kappa shape index (κ3) is 4.19. The van der Waals surface area contributed by atoms with Crippen molar-refractivity contribution >= 4 is 18.1 Å². The molecule has 2 rings (SSSR count). The van der Waals surface area contributed by atoms with E-state index < -0.39 is 46.6 Å². The molecular formula is C16H10F4N2O3. The van der Waals surface area contributed by atoms with Crippen LogP contribution in [0.2, 0.25) is 0 Å². The monoisotopic (exact) mass is 354 g/mol. The number of hydrogen-bond donors (Lipinski definition) is 2. The van der Waals surface area contributed by atoms with Gasteiger partial charge in [-0.3, -0.25) is 4.79 Å². The van der Waals surface area contributed by atoms with Gasteiger partial charge in [0.05, 0.1) is 22.9 Å². The van der Waals surface area contributed by atoms with Crippen molar-refractivity contribution in [2.45, 2.75) is 6.43 Å². The van der Waals surface area contributed by atoms with E-state index in [2.05, 4.69) is 5.10 Å². The third-order valence-corrected chi connectivity index (χ3v) is 3.13. The minimum absolute atomic E-state index is 0.336. The van der Waals surface area contributed by atoms with Crippen LogP contribution in [0.4, 0.5) is 17.6 Å². The molecule has 0 bridgehead atoms. The Balaban J connectivity index is 2.19. The van der Waals surface area contributed by atoms with Gasteiger partial charge in [0.1, 0.15) is 11.6 Å². The summed E-state index contributed by atoms with van der Waals surface area (Å²) in [5.74, 6) is -4.92. The highest BCUT2D eigenvalue weighted by molar-refractivity contribution is 5.96. The van der Waals surface area contributed by atoms with E-state index in [-0.39, 0.29) is 5.56 Å². The van der Waals surface area contributed by atoms with Gasteiger partial charge in [0.25, 0.3) is 12.3 Å². The van der Waals surface area contributed by atoms with Gasteiger partial charge in [-0.05, 0) is 18.2 Å². The van der Waals surface area contributed by atoms with Gasteiger partial charge in [-0.2, -0.15) is 5.10 Å². The minimum atomic E-state index is -2.88. The number of nitrogens with one attached hydrogen (secondary N) is 1. The zero-order valence-electron chi connectivity index (χ0n) is 12.3. The van der Waals surface area contributed by atoms with Crippen LogP contribution in [0.3, 0.4) is 0 Å². The van der Waals surface area contributed by atoms with Crippen molar-refractivity contribution in [2.75, 3.05) is 0 Å². The van der Waals surface area contributed by atoms with Crippen LogP contribution in [0, 0.1) is 11.6 Å². The number of carbonyl (C=O) groups excluding carboxylic acids is 1. The number of rotatable bonds is 5. The maximum atomic E-state index is 13.7. The number of carboxylic acids is 1. The molecule has 0 aliphatic carbocycles. The van der Waals surface area contributed by atoms with Gasteiger partial charge in [-0.25, -0.2) is 27.8 Å². The summed E-state index contributed by atoms with van der Waals surface area (Å²) in [6.07, 6.45) is -2.27. The Morgan fingerprint density at radius 2 is 1.72 bits per heavy atom. The summed E-state index contributed by atoms with van der Waals surface area (Å²) in [6, 6.07) is 6.08. The fourth-order valence-corrected chi connectivity index (χ4v) is 1.94. The van der Waals surface area contributed by atoms with Crippen LogP contribution >= 0.6 is 0 Å². The van der Waals surface area contributed by atoms with E-state index in [1.165, 1.54) is 12.1 Å². The first-order valence-electron chi connectivity index (χ1n) is 6.74. The second kappa shape index (κ2) is 7.56. The normalized spacial score (nSPS) is 11.1. The second-order valence-corrected chi connectivity index (χ2v) is 4.75. The molecule has 0 heterocycles. The molecule has 2 aromatic carbocycles. The first kappa shape index (κ1) is 18.1. The zero-order chi connectivity index (χ0) is 18.6. The SMILES string of the molecule is O=C(O)c1cc(F)c(/C=N/NC(=O)c2ccccc2C(F)F)c(F)c1. The fraction of sp³-hybridized carbons (Fsp3) is 0.0625. The first-order chi connectivity index (χ1) is 11.8. The molecular weight excluding hydrogens is 344 g/mol. The summed E-state index contributed by atoms with van der Waals surface area (Å²) in [5, 5.41) is 12.0. The highest BCUT2D eigenvalue weighted by atomic mass is 19.3. The molecule has 0 aromatic heterocycles. The van der Waals surface area contributed by atoms with Gasteiger partial charge in [0.2, 0.25) is 0 Å². The van der Waals surface area contributed by atoms with E-state index in [1.807, 2.05) is 5.43 Å². The van der Waals surface area contributed by atoms with E-state index >= 15 is 0 Å². The average Bonchev–Trinajstić information content (AvgIpc) is 2.56. The number of amides is 1. The molecule has 9 heteroatoms. The summed E-state index contributed by atoms with van der Waals surface area (Å²) in [4.78, 5) is 22.5. The van der Waals surface area contributed by atoms with Gasteiger partial charge in [-0.1, -0.05) is 18.2 Å². The second-order valence-electron chi connectivity index (χ2n) is 4.75. The van der Waals surface area contributed by atoms with Crippen molar-refractivity contribution in [2.24, 2.45) is 5.10 Å². The van der Waals surface area contributed by atoms with Crippen molar-refractivity contribution in [3.63, 3.8) is 0 Å². The summed E-state index contributed by atoms with van der Waals surface area (Å²) < 4.78 is 53.0. The van der Waals surface area contributed by atoms with E-state index in [4.69, 9.17) is 5.11 Å². The van der Waals surface area contributed by atoms with Gasteiger partial charge in [0, 0.05) is 5.56 Å². The molecule has 0 fully saturated rings. The van der Waals surface area contributed by atoms with Crippen LogP contribution < -0.4 is 5.43 Å². The van der Waals surface area contributed by atoms with Gasteiger partial charge in [-0.15, -0.1) is 0 Å². The maximum absolute atomic E-state index is 13.7. The predicted octanol–water partition coefficient (Wildman–Crippen LogP) is 3.36. The molecule has 0 spiro atoms. The molecule has 2 N–H and O–H groups in total. The van der Waals surface area contributed by atoms with E-state index in [1.54, 1.807) is 0 Å². The smallest absolute Gasteiger partial charge is 0.335 e. The van der Waals surface area contributed by atoms with Crippen LogP contribution in [0.15, 0.2) is 41.5 Å². The Labute approximate surface area is 138 Å². The molecule has 5 nitrogen and oxygen atoms in total. The molecule has 0 unspecified atom stereocenters. The number of nitrogens with zero attached hydrogens (tertiary/aromatic N) is 1. The predicted molar refractivity (Wildman–Crippen MR) is 79.8 cm³/mol. The number of benzene rings is 2. The number of carboxylic acid groups (broad SMARTS) is 1. The van der Waals surface area contributed by atoms with E-state index in [9.17, 15) is 27.2 Å². The number of carbonyl (C=O) groups is 2. The van der Waals surface area contributed by atoms with E-state index in [0.717, 1.165) is 12.1 Å².